The number of aromatic nitrogens is 3. The molecule has 0 spiro atoms. The molecule has 27 heavy (non-hydrogen) atoms. The molecule has 6 nitrogen and oxygen atoms in total. The highest BCUT2D eigenvalue weighted by Gasteiger charge is 2.21. The zero-order valence-corrected chi connectivity index (χ0v) is 16.5. The minimum absolute atomic E-state index is 0.688. The van der Waals surface area contributed by atoms with Crippen molar-refractivity contribution in [3.05, 3.63) is 64.3 Å². The van der Waals surface area contributed by atoms with Crippen LogP contribution in [0, 0.1) is 13.8 Å². The van der Waals surface area contributed by atoms with Gasteiger partial charge in [0.25, 0.3) is 0 Å². The monoisotopic (exact) mass is 385 g/mol. The standard InChI is InChI=1S/C20H24ClN5O/c1-15-20(16(2)27-23-15)13-26-12-19(11-22-26)25-9-8-24(14-25)7-6-17-4-3-5-18(21)10-17/h3-5,10-12H,6-9,13-14H2,1-2H3. The normalized spacial score (nSPS) is 15.0. The molecule has 0 radical (unpaired) electrons. The van der Waals surface area contributed by atoms with E-state index in [0.29, 0.717) is 6.54 Å². The number of benzene rings is 1. The minimum atomic E-state index is 0.688. The van der Waals surface area contributed by atoms with Crippen LogP contribution in [0.15, 0.2) is 41.2 Å². The summed E-state index contributed by atoms with van der Waals surface area (Å²) in [7, 11) is 0. The van der Waals surface area contributed by atoms with Crippen molar-refractivity contribution in [1.82, 2.24) is 19.8 Å². The highest BCUT2D eigenvalue weighted by Crippen LogP contribution is 2.20. The van der Waals surface area contributed by atoms with E-state index in [1.807, 2.05) is 42.9 Å². The highest BCUT2D eigenvalue weighted by molar-refractivity contribution is 6.30. The number of anilines is 1. The Morgan fingerprint density at radius 2 is 2.11 bits per heavy atom. The van der Waals surface area contributed by atoms with Gasteiger partial charge in [-0.3, -0.25) is 9.58 Å². The summed E-state index contributed by atoms with van der Waals surface area (Å²) in [5.41, 5.74) is 4.48. The van der Waals surface area contributed by atoms with E-state index in [-0.39, 0.29) is 0 Å². The lowest BCUT2D eigenvalue weighted by atomic mass is 10.1. The number of halogens is 1. The smallest absolute Gasteiger partial charge is 0.138 e. The van der Waals surface area contributed by atoms with Gasteiger partial charge in [-0.1, -0.05) is 28.9 Å². The number of hydrogen-bond donors (Lipinski definition) is 0. The van der Waals surface area contributed by atoms with Crippen LogP contribution < -0.4 is 4.90 Å². The Morgan fingerprint density at radius 3 is 2.89 bits per heavy atom. The molecule has 142 valence electrons. The first-order valence-electron chi connectivity index (χ1n) is 9.24. The van der Waals surface area contributed by atoms with Crippen molar-refractivity contribution in [2.24, 2.45) is 0 Å². The third kappa shape index (κ3) is 4.17. The second-order valence-electron chi connectivity index (χ2n) is 7.10. The fraction of sp³-hybridized carbons (Fsp3) is 0.400. The van der Waals surface area contributed by atoms with Crippen LogP contribution in [0.2, 0.25) is 5.02 Å². The van der Waals surface area contributed by atoms with E-state index in [1.165, 1.54) is 5.56 Å². The van der Waals surface area contributed by atoms with Crippen LogP contribution in [-0.4, -0.2) is 46.1 Å². The van der Waals surface area contributed by atoms with Crippen molar-refractivity contribution in [2.75, 3.05) is 31.2 Å². The van der Waals surface area contributed by atoms with Crippen LogP contribution >= 0.6 is 11.6 Å². The number of nitrogens with zero attached hydrogens (tertiary/aromatic N) is 5. The summed E-state index contributed by atoms with van der Waals surface area (Å²) in [5.74, 6) is 0.859. The molecule has 1 aliphatic rings. The molecule has 7 heteroatoms. The second-order valence-corrected chi connectivity index (χ2v) is 7.54. The molecule has 0 atom stereocenters. The van der Waals surface area contributed by atoms with Crippen LogP contribution in [0.5, 0.6) is 0 Å². The first-order chi connectivity index (χ1) is 13.1. The Morgan fingerprint density at radius 1 is 1.22 bits per heavy atom. The van der Waals surface area contributed by atoms with Gasteiger partial charge in [-0.25, -0.2) is 0 Å². The van der Waals surface area contributed by atoms with Crippen molar-refractivity contribution in [1.29, 1.82) is 0 Å². The van der Waals surface area contributed by atoms with E-state index in [1.54, 1.807) is 0 Å². The summed E-state index contributed by atoms with van der Waals surface area (Å²) in [4.78, 5) is 4.83. The third-order valence-corrected chi connectivity index (χ3v) is 5.38. The molecule has 3 aromatic rings. The quantitative estimate of drug-likeness (QED) is 0.649. The molecule has 0 aliphatic carbocycles. The number of rotatable bonds is 6. The fourth-order valence-electron chi connectivity index (χ4n) is 3.51. The Balaban J connectivity index is 1.33. The molecule has 4 rings (SSSR count). The van der Waals surface area contributed by atoms with Gasteiger partial charge in [-0.05, 0) is 38.0 Å². The summed E-state index contributed by atoms with van der Waals surface area (Å²) >= 11 is 6.08. The number of aryl methyl sites for hydroxylation is 2. The maximum Gasteiger partial charge on any atom is 0.138 e. The van der Waals surface area contributed by atoms with E-state index in [0.717, 1.165) is 60.5 Å². The zero-order valence-electron chi connectivity index (χ0n) is 15.7. The summed E-state index contributed by atoms with van der Waals surface area (Å²) in [5, 5.41) is 9.34. The highest BCUT2D eigenvalue weighted by atomic mass is 35.5. The largest absolute Gasteiger partial charge is 0.361 e. The molecular formula is C20H24ClN5O. The predicted octanol–water partition coefficient (Wildman–Crippen LogP) is 3.51. The van der Waals surface area contributed by atoms with Crippen molar-refractivity contribution < 1.29 is 4.52 Å². The molecule has 0 saturated carbocycles. The van der Waals surface area contributed by atoms with Crippen LogP contribution in [0.1, 0.15) is 22.6 Å². The Hall–Kier alpha value is -2.31. The SMILES string of the molecule is Cc1noc(C)c1Cn1cc(N2CCN(CCc3cccc(Cl)c3)C2)cn1. The van der Waals surface area contributed by atoms with Crippen molar-refractivity contribution in [3.63, 3.8) is 0 Å². The lowest BCUT2D eigenvalue weighted by Crippen LogP contribution is -2.26. The second kappa shape index (κ2) is 7.74. The van der Waals surface area contributed by atoms with Gasteiger partial charge in [-0.2, -0.15) is 5.10 Å². The summed E-state index contributed by atoms with van der Waals surface area (Å²) in [6.07, 6.45) is 5.06. The predicted molar refractivity (Wildman–Crippen MR) is 106 cm³/mol. The molecule has 0 N–H and O–H groups in total. The van der Waals surface area contributed by atoms with Gasteiger partial charge >= 0.3 is 0 Å². The lowest BCUT2D eigenvalue weighted by Gasteiger charge is -2.18. The zero-order chi connectivity index (χ0) is 18.8. The summed E-state index contributed by atoms with van der Waals surface area (Å²) < 4.78 is 7.20. The van der Waals surface area contributed by atoms with Gasteiger partial charge in [0.15, 0.2) is 0 Å². The van der Waals surface area contributed by atoms with Crippen molar-refractivity contribution in [2.45, 2.75) is 26.8 Å². The van der Waals surface area contributed by atoms with Gasteiger partial charge in [0.05, 0.1) is 30.8 Å². The van der Waals surface area contributed by atoms with E-state index >= 15 is 0 Å². The molecule has 1 aliphatic heterocycles. The average molecular weight is 386 g/mol. The molecule has 0 amide bonds. The molecule has 1 fully saturated rings. The van der Waals surface area contributed by atoms with Crippen LogP contribution in [0.4, 0.5) is 5.69 Å². The summed E-state index contributed by atoms with van der Waals surface area (Å²) in [6, 6.07) is 8.12. The molecule has 3 heterocycles. The molecule has 2 aromatic heterocycles. The minimum Gasteiger partial charge on any atom is -0.361 e. The number of hydrogen-bond acceptors (Lipinski definition) is 5. The third-order valence-electron chi connectivity index (χ3n) is 5.15. The Bertz CT molecular complexity index is 899. The molecule has 1 aromatic carbocycles. The molecule has 0 unspecified atom stereocenters. The Kier molecular flexibility index (Phi) is 5.18. The Labute approximate surface area is 164 Å². The van der Waals surface area contributed by atoms with E-state index < -0.39 is 0 Å². The van der Waals surface area contributed by atoms with E-state index in [4.69, 9.17) is 16.1 Å². The van der Waals surface area contributed by atoms with E-state index in [9.17, 15) is 0 Å². The van der Waals surface area contributed by atoms with E-state index in [2.05, 4.69) is 32.3 Å². The summed E-state index contributed by atoms with van der Waals surface area (Å²) in [6.45, 7) is 8.64. The van der Waals surface area contributed by atoms with Crippen LogP contribution in [-0.2, 0) is 13.0 Å². The van der Waals surface area contributed by atoms with Crippen molar-refractivity contribution in [3.8, 4) is 0 Å². The maximum atomic E-state index is 6.08. The lowest BCUT2D eigenvalue weighted by molar-refractivity contribution is 0.346. The van der Waals surface area contributed by atoms with Crippen molar-refractivity contribution >= 4 is 17.3 Å². The topological polar surface area (TPSA) is 50.3 Å². The fourth-order valence-corrected chi connectivity index (χ4v) is 3.72. The maximum absolute atomic E-state index is 6.08. The average Bonchev–Trinajstić information content (AvgIpc) is 3.37. The first kappa shape index (κ1) is 18.1. The van der Waals surface area contributed by atoms with Crippen LogP contribution in [0.3, 0.4) is 0 Å². The first-order valence-corrected chi connectivity index (χ1v) is 9.62. The van der Waals surface area contributed by atoms with Gasteiger partial charge in [0.2, 0.25) is 0 Å². The molecule has 0 bridgehead atoms. The van der Waals surface area contributed by atoms with Gasteiger partial charge in [0, 0.05) is 36.4 Å². The van der Waals surface area contributed by atoms with Gasteiger partial charge in [-0.15, -0.1) is 0 Å². The molecule has 1 saturated heterocycles. The van der Waals surface area contributed by atoms with Gasteiger partial charge in [0.1, 0.15) is 5.76 Å². The van der Waals surface area contributed by atoms with Crippen LogP contribution in [0.25, 0.3) is 0 Å². The van der Waals surface area contributed by atoms with Gasteiger partial charge < -0.3 is 9.42 Å². The molecular weight excluding hydrogens is 362 g/mol.